The Labute approximate surface area is 148 Å². The highest BCUT2D eigenvalue weighted by Crippen LogP contribution is 2.28. The third-order valence-corrected chi connectivity index (χ3v) is 5.33. The van der Waals surface area contributed by atoms with E-state index < -0.39 is 0 Å². The summed E-state index contributed by atoms with van der Waals surface area (Å²) in [7, 11) is 1.43. The zero-order valence-electron chi connectivity index (χ0n) is 14.8. The highest BCUT2D eigenvalue weighted by atomic mass is 16.5. The van der Waals surface area contributed by atoms with E-state index in [1.807, 2.05) is 0 Å². The number of carbonyl (C=O) groups is 2. The Kier molecular flexibility index (Phi) is 6.02. The lowest BCUT2D eigenvalue weighted by molar-refractivity contribution is -0.146. The first-order chi connectivity index (χ1) is 12.2. The van der Waals surface area contributed by atoms with E-state index in [-0.39, 0.29) is 24.0 Å². The van der Waals surface area contributed by atoms with Gasteiger partial charge in [0.2, 0.25) is 0 Å². The Morgan fingerprint density at radius 2 is 2.08 bits per heavy atom. The van der Waals surface area contributed by atoms with Crippen LogP contribution in [0.1, 0.15) is 49.0 Å². The Morgan fingerprint density at radius 1 is 1.28 bits per heavy atom. The number of hydrogen-bond acceptors (Lipinski definition) is 5. The van der Waals surface area contributed by atoms with Crippen molar-refractivity contribution in [3.05, 3.63) is 30.1 Å². The van der Waals surface area contributed by atoms with Crippen LogP contribution in [-0.4, -0.2) is 54.0 Å². The number of likely N-dealkylation sites (tertiary alicyclic amines) is 1. The molecular weight excluding hydrogens is 318 g/mol. The zero-order valence-corrected chi connectivity index (χ0v) is 14.8. The number of amides is 1. The molecule has 6 nitrogen and oxygen atoms in total. The zero-order chi connectivity index (χ0) is 17.6. The average molecular weight is 345 g/mol. The van der Waals surface area contributed by atoms with Gasteiger partial charge in [0, 0.05) is 25.3 Å². The fraction of sp³-hybridized carbons (Fsp3) is 0.632. The van der Waals surface area contributed by atoms with Crippen LogP contribution in [-0.2, 0) is 9.53 Å². The first-order valence-electron chi connectivity index (χ1n) is 9.21. The van der Waals surface area contributed by atoms with Gasteiger partial charge in [-0.1, -0.05) is 25.3 Å². The maximum absolute atomic E-state index is 12.3. The van der Waals surface area contributed by atoms with Crippen LogP contribution in [0.25, 0.3) is 0 Å². The largest absolute Gasteiger partial charge is 0.468 e. The third kappa shape index (κ3) is 4.57. The molecule has 25 heavy (non-hydrogen) atoms. The number of pyridine rings is 1. The van der Waals surface area contributed by atoms with Crippen LogP contribution >= 0.6 is 0 Å². The summed E-state index contributed by atoms with van der Waals surface area (Å²) in [6, 6.07) is 4.96. The van der Waals surface area contributed by atoms with Crippen LogP contribution in [0.15, 0.2) is 24.4 Å². The molecule has 3 rings (SSSR count). The molecule has 1 aliphatic carbocycles. The summed E-state index contributed by atoms with van der Waals surface area (Å²) < 4.78 is 4.99. The molecule has 0 radical (unpaired) electrons. The topological polar surface area (TPSA) is 71.5 Å². The first-order valence-corrected chi connectivity index (χ1v) is 9.21. The van der Waals surface area contributed by atoms with Gasteiger partial charge < -0.3 is 10.1 Å². The van der Waals surface area contributed by atoms with Gasteiger partial charge in [-0.3, -0.25) is 19.5 Å². The van der Waals surface area contributed by atoms with E-state index >= 15 is 0 Å². The summed E-state index contributed by atoms with van der Waals surface area (Å²) in [5.74, 6) is 0.255. The number of ether oxygens (including phenoxy) is 1. The average Bonchev–Trinajstić information content (AvgIpc) is 3.04. The summed E-state index contributed by atoms with van der Waals surface area (Å²) in [6.07, 6.45) is 8.54. The van der Waals surface area contributed by atoms with Crippen LogP contribution in [0.3, 0.4) is 0 Å². The molecular formula is C19H27N3O3. The van der Waals surface area contributed by atoms with Crippen molar-refractivity contribution in [2.24, 2.45) is 5.92 Å². The van der Waals surface area contributed by atoms with Crippen molar-refractivity contribution in [3.8, 4) is 0 Å². The summed E-state index contributed by atoms with van der Waals surface area (Å²) in [4.78, 5) is 30.8. The monoisotopic (exact) mass is 345 g/mol. The van der Waals surface area contributed by atoms with Crippen LogP contribution in [0, 0.1) is 5.92 Å². The predicted molar refractivity (Wildman–Crippen MR) is 94.1 cm³/mol. The lowest BCUT2D eigenvalue weighted by atomic mass is 9.89. The number of hydrogen-bond donors (Lipinski definition) is 1. The summed E-state index contributed by atoms with van der Waals surface area (Å²) in [5, 5.41) is 3.02. The van der Waals surface area contributed by atoms with Gasteiger partial charge in [0.15, 0.2) is 0 Å². The Balaban J connectivity index is 1.62. The molecule has 2 aliphatic rings. The van der Waals surface area contributed by atoms with Crippen LogP contribution in [0.2, 0.25) is 0 Å². The number of nitrogens with zero attached hydrogens (tertiary/aromatic N) is 2. The Bertz CT molecular complexity index is 587. The van der Waals surface area contributed by atoms with Crippen molar-refractivity contribution in [2.75, 3.05) is 20.2 Å². The minimum Gasteiger partial charge on any atom is -0.468 e. The summed E-state index contributed by atoms with van der Waals surface area (Å²) >= 11 is 0. The van der Waals surface area contributed by atoms with Gasteiger partial charge in [-0.2, -0.15) is 0 Å². The third-order valence-electron chi connectivity index (χ3n) is 5.33. The molecule has 1 N–H and O–H groups in total. The molecule has 1 aliphatic heterocycles. The van der Waals surface area contributed by atoms with Gasteiger partial charge in [0.25, 0.3) is 5.91 Å². The van der Waals surface area contributed by atoms with E-state index in [4.69, 9.17) is 4.74 Å². The van der Waals surface area contributed by atoms with E-state index in [0.29, 0.717) is 24.6 Å². The second kappa shape index (κ2) is 8.43. The van der Waals surface area contributed by atoms with Gasteiger partial charge in [-0.25, -0.2) is 0 Å². The number of rotatable bonds is 5. The molecule has 136 valence electrons. The highest BCUT2D eigenvalue weighted by Gasteiger charge is 2.39. The SMILES string of the molecule is COC(=O)[C@@H]1C[C@H](NC(=O)c2ccccn2)CN1CC1CCCCC1. The standard InChI is InChI=1S/C19H27N3O3/c1-25-19(24)17-11-15(21-18(23)16-9-5-6-10-20-16)13-22(17)12-14-7-3-2-4-8-14/h5-6,9-10,14-15,17H,2-4,7-8,11-13H2,1H3,(H,21,23)/t15-,17-/m0/s1. The van der Waals surface area contributed by atoms with Crippen molar-refractivity contribution in [2.45, 2.75) is 50.6 Å². The van der Waals surface area contributed by atoms with Gasteiger partial charge in [-0.05, 0) is 37.3 Å². The second-order valence-electron chi connectivity index (χ2n) is 7.12. The lowest BCUT2D eigenvalue weighted by Crippen LogP contribution is -2.41. The van der Waals surface area contributed by atoms with Crippen molar-refractivity contribution in [1.29, 1.82) is 0 Å². The molecule has 0 aromatic carbocycles. The van der Waals surface area contributed by atoms with Crippen LogP contribution in [0.4, 0.5) is 0 Å². The number of aromatic nitrogens is 1. The molecule has 2 heterocycles. The van der Waals surface area contributed by atoms with E-state index in [1.54, 1.807) is 24.4 Å². The molecule has 0 bridgehead atoms. The summed E-state index contributed by atoms with van der Waals surface area (Å²) in [5.41, 5.74) is 0.405. The minimum absolute atomic E-state index is 0.0535. The maximum atomic E-state index is 12.3. The lowest BCUT2D eigenvalue weighted by Gasteiger charge is -2.29. The number of carbonyl (C=O) groups excluding carboxylic acids is 2. The minimum atomic E-state index is -0.263. The van der Waals surface area contributed by atoms with Crippen molar-refractivity contribution >= 4 is 11.9 Å². The normalized spacial score (nSPS) is 24.8. The second-order valence-corrected chi connectivity index (χ2v) is 7.12. The van der Waals surface area contributed by atoms with E-state index in [0.717, 1.165) is 6.54 Å². The molecule has 6 heteroatoms. The molecule has 2 atom stereocenters. The van der Waals surface area contributed by atoms with Crippen molar-refractivity contribution < 1.29 is 14.3 Å². The number of esters is 1. The first kappa shape index (κ1) is 17.9. The summed E-state index contributed by atoms with van der Waals surface area (Å²) in [6.45, 7) is 1.60. The van der Waals surface area contributed by atoms with E-state index in [9.17, 15) is 9.59 Å². The molecule has 1 saturated carbocycles. The van der Waals surface area contributed by atoms with Crippen LogP contribution < -0.4 is 5.32 Å². The fourth-order valence-electron chi connectivity index (χ4n) is 4.05. The molecule has 1 amide bonds. The fourth-order valence-corrected chi connectivity index (χ4v) is 4.05. The van der Waals surface area contributed by atoms with Crippen LogP contribution in [0.5, 0.6) is 0 Å². The van der Waals surface area contributed by atoms with Gasteiger partial charge in [-0.15, -0.1) is 0 Å². The molecule has 0 spiro atoms. The van der Waals surface area contributed by atoms with E-state index in [1.165, 1.54) is 39.2 Å². The number of nitrogens with one attached hydrogen (secondary N) is 1. The quantitative estimate of drug-likeness (QED) is 0.827. The van der Waals surface area contributed by atoms with Gasteiger partial charge in [0.1, 0.15) is 11.7 Å². The molecule has 1 saturated heterocycles. The van der Waals surface area contributed by atoms with Gasteiger partial charge >= 0.3 is 5.97 Å². The van der Waals surface area contributed by atoms with Gasteiger partial charge in [0.05, 0.1) is 7.11 Å². The molecule has 1 aromatic rings. The maximum Gasteiger partial charge on any atom is 0.323 e. The Hall–Kier alpha value is -1.95. The number of methoxy groups -OCH3 is 1. The molecule has 0 unspecified atom stereocenters. The molecule has 1 aromatic heterocycles. The van der Waals surface area contributed by atoms with Crippen molar-refractivity contribution in [3.63, 3.8) is 0 Å². The predicted octanol–water partition coefficient (Wildman–Crippen LogP) is 2.01. The molecule has 2 fully saturated rings. The van der Waals surface area contributed by atoms with E-state index in [2.05, 4.69) is 15.2 Å². The van der Waals surface area contributed by atoms with Crippen molar-refractivity contribution in [1.82, 2.24) is 15.2 Å². The highest BCUT2D eigenvalue weighted by molar-refractivity contribution is 5.92. The smallest absolute Gasteiger partial charge is 0.323 e. The Morgan fingerprint density at radius 3 is 2.76 bits per heavy atom.